The van der Waals surface area contributed by atoms with Gasteiger partial charge in [0.15, 0.2) is 5.82 Å². The number of halogens is 1. The first kappa shape index (κ1) is 19.3. The Hall–Kier alpha value is -3.71. The normalized spacial score (nSPS) is 12.9. The molecule has 7 nitrogen and oxygen atoms in total. The lowest BCUT2D eigenvalue weighted by Gasteiger charge is -2.20. The minimum atomic E-state index is -1.28. The Morgan fingerprint density at radius 3 is 2.68 bits per heavy atom. The molecule has 8 heteroatoms. The summed E-state index contributed by atoms with van der Waals surface area (Å²) in [6, 6.07) is 15.0. The summed E-state index contributed by atoms with van der Waals surface area (Å²) < 4.78 is 1.69. The summed E-state index contributed by atoms with van der Waals surface area (Å²) in [5.74, 6) is -0.744. The van der Waals surface area contributed by atoms with Crippen molar-refractivity contribution in [1.29, 1.82) is 0 Å². The number of nitrogens with zero attached hydrogens (tertiary/aromatic N) is 4. The van der Waals surface area contributed by atoms with Crippen molar-refractivity contribution in [3.05, 3.63) is 98.6 Å². The average molecular weight is 433 g/mol. The van der Waals surface area contributed by atoms with E-state index in [2.05, 4.69) is 4.98 Å². The van der Waals surface area contributed by atoms with Crippen LogP contribution in [0.5, 0.6) is 0 Å². The molecule has 0 fully saturated rings. The van der Waals surface area contributed by atoms with Crippen molar-refractivity contribution < 1.29 is 9.90 Å². The highest BCUT2D eigenvalue weighted by atomic mass is 35.5. The average Bonchev–Trinajstić information content (AvgIpc) is 3.20. The molecule has 4 aromatic rings. The number of rotatable bonds is 4. The first-order valence-corrected chi connectivity index (χ1v) is 10.1. The molecule has 0 radical (unpaired) electrons. The molecule has 0 saturated carbocycles. The summed E-state index contributed by atoms with van der Waals surface area (Å²) in [4.78, 5) is 35.6. The van der Waals surface area contributed by atoms with E-state index in [4.69, 9.17) is 16.6 Å². The second-order valence-electron chi connectivity index (χ2n) is 7.42. The molecule has 0 saturated heterocycles. The van der Waals surface area contributed by atoms with Crippen LogP contribution in [0.25, 0.3) is 11.0 Å². The molecule has 0 bridgehead atoms. The Bertz CT molecular complexity index is 1360. The van der Waals surface area contributed by atoms with E-state index in [0.29, 0.717) is 36.1 Å². The van der Waals surface area contributed by atoms with Gasteiger partial charge in [-0.15, -0.1) is 0 Å². The molecule has 0 atom stereocenters. The van der Waals surface area contributed by atoms with Crippen LogP contribution in [-0.4, -0.2) is 25.6 Å². The molecule has 1 N–H and O–H groups in total. The molecule has 154 valence electrons. The molecule has 0 spiro atoms. The van der Waals surface area contributed by atoms with E-state index in [9.17, 15) is 14.7 Å². The topological polar surface area (TPSA) is 88.3 Å². The van der Waals surface area contributed by atoms with Crippen LogP contribution < -0.4 is 10.3 Å². The number of pyridine rings is 3. The van der Waals surface area contributed by atoms with Gasteiger partial charge in [0.1, 0.15) is 11.2 Å². The lowest BCUT2D eigenvalue weighted by Crippen LogP contribution is -2.22. The van der Waals surface area contributed by atoms with Crippen molar-refractivity contribution in [3.8, 4) is 0 Å². The molecule has 31 heavy (non-hydrogen) atoms. The highest BCUT2D eigenvalue weighted by Gasteiger charge is 2.25. The maximum absolute atomic E-state index is 12.8. The number of carboxylic acids is 1. The van der Waals surface area contributed by atoms with E-state index < -0.39 is 11.4 Å². The molecule has 3 aromatic heterocycles. The molecular formula is C23H17ClN4O3. The van der Waals surface area contributed by atoms with Gasteiger partial charge in [0.25, 0.3) is 0 Å². The van der Waals surface area contributed by atoms with Crippen LogP contribution in [0.4, 0.5) is 5.82 Å². The largest absolute Gasteiger partial charge is 0.477 e. The van der Waals surface area contributed by atoms with Crippen molar-refractivity contribution in [2.24, 2.45) is 0 Å². The van der Waals surface area contributed by atoms with Crippen LogP contribution in [0.15, 0.2) is 65.7 Å². The van der Waals surface area contributed by atoms with E-state index in [1.807, 2.05) is 47.4 Å². The van der Waals surface area contributed by atoms with E-state index in [0.717, 1.165) is 16.8 Å². The minimum Gasteiger partial charge on any atom is -0.477 e. The van der Waals surface area contributed by atoms with Gasteiger partial charge in [0, 0.05) is 25.5 Å². The second-order valence-corrected chi connectivity index (χ2v) is 7.83. The molecule has 1 aliphatic heterocycles. The van der Waals surface area contributed by atoms with Crippen molar-refractivity contribution in [1.82, 2.24) is 14.5 Å². The highest BCUT2D eigenvalue weighted by molar-refractivity contribution is 6.33. The first-order chi connectivity index (χ1) is 15.0. The van der Waals surface area contributed by atoms with Gasteiger partial charge in [0.2, 0.25) is 5.43 Å². The molecule has 4 heterocycles. The number of benzene rings is 1. The third kappa shape index (κ3) is 3.43. The monoisotopic (exact) mass is 432 g/mol. The highest BCUT2D eigenvalue weighted by Crippen LogP contribution is 2.32. The predicted molar refractivity (Wildman–Crippen MR) is 118 cm³/mol. The molecule has 0 unspecified atom stereocenters. The Balaban J connectivity index is 1.67. The van der Waals surface area contributed by atoms with Gasteiger partial charge in [-0.2, -0.15) is 0 Å². The fourth-order valence-electron chi connectivity index (χ4n) is 3.90. The summed E-state index contributed by atoms with van der Waals surface area (Å²) in [6.45, 7) is 1.54. The van der Waals surface area contributed by atoms with Crippen LogP contribution in [0, 0.1) is 0 Å². The van der Waals surface area contributed by atoms with Crippen LogP contribution >= 0.6 is 11.6 Å². The number of aromatic nitrogens is 3. The number of fused-ring (bicyclic) bond motifs is 2. The Labute approximate surface area is 182 Å². The Kier molecular flexibility index (Phi) is 4.67. The van der Waals surface area contributed by atoms with Crippen LogP contribution in [0.1, 0.15) is 27.2 Å². The van der Waals surface area contributed by atoms with Crippen LogP contribution in [-0.2, 0) is 19.6 Å². The van der Waals surface area contributed by atoms with E-state index in [1.165, 1.54) is 12.3 Å². The maximum Gasteiger partial charge on any atom is 0.341 e. The van der Waals surface area contributed by atoms with Crippen molar-refractivity contribution in [2.45, 2.75) is 19.6 Å². The molecule has 1 aliphatic rings. The Morgan fingerprint density at radius 2 is 1.94 bits per heavy atom. The number of carboxylic acid groups (broad SMARTS) is 1. The van der Waals surface area contributed by atoms with Gasteiger partial charge in [-0.05, 0) is 23.3 Å². The van der Waals surface area contributed by atoms with E-state index in [-0.39, 0.29) is 10.9 Å². The summed E-state index contributed by atoms with van der Waals surface area (Å²) in [5, 5.41) is 10.0. The molecule has 0 amide bonds. The van der Waals surface area contributed by atoms with Gasteiger partial charge in [0.05, 0.1) is 22.6 Å². The molecule has 1 aromatic carbocycles. The van der Waals surface area contributed by atoms with E-state index >= 15 is 0 Å². The number of hydrogen-bond acceptors (Lipinski definition) is 5. The van der Waals surface area contributed by atoms with Gasteiger partial charge in [-0.25, -0.2) is 9.78 Å². The summed E-state index contributed by atoms with van der Waals surface area (Å²) >= 11 is 6.52. The van der Waals surface area contributed by atoms with E-state index in [1.54, 1.807) is 10.8 Å². The number of aromatic carboxylic acids is 1. The number of carbonyl (C=O) groups is 1. The molecular weight excluding hydrogens is 416 g/mol. The van der Waals surface area contributed by atoms with Crippen molar-refractivity contribution in [2.75, 3.05) is 4.90 Å². The van der Waals surface area contributed by atoms with Crippen molar-refractivity contribution >= 4 is 34.4 Å². The predicted octanol–water partition coefficient (Wildman–Crippen LogP) is 3.71. The van der Waals surface area contributed by atoms with Gasteiger partial charge in [-0.1, -0.05) is 48.0 Å². The minimum absolute atomic E-state index is 0.180. The van der Waals surface area contributed by atoms with Gasteiger partial charge >= 0.3 is 5.97 Å². The summed E-state index contributed by atoms with van der Waals surface area (Å²) in [6.07, 6.45) is 3.10. The summed E-state index contributed by atoms with van der Waals surface area (Å²) in [7, 11) is 0. The SMILES string of the molecule is O=C(O)c1cn(Cc2ccccc2)c2nc(N3Cc4cccnc4C3)c(Cl)cc2c1=O. The van der Waals surface area contributed by atoms with Crippen molar-refractivity contribution in [3.63, 3.8) is 0 Å². The lowest BCUT2D eigenvalue weighted by atomic mass is 10.1. The number of anilines is 1. The molecule has 5 rings (SSSR count). The standard InChI is InChI=1S/C23H17ClN4O3/c24-18-9-16-20(29)17(23(30)31)12-27(10-14-5-2-1-3-6-14)21(16)26-22(18)28-11-15-7-4-8-25-19(15)13-28/h1-9,12H,10-11,13H2,(H,30,31). The zero-order valence-corrected chi connectivity index (χ0v) is 17.1. The maximum atomic E-state index is 12.8. The first-order valence-electron chi connectivity index (χ1n) is 9.70. The van der Waals surface area contributed by atoms with Crippen LogP contribution in [0.2, 0.25) is 5.02 Å². The summed E-state index contributed by atoms with van der Waals surface area (Å²) in [5.41, 5.74) is 2.50. The van der Waals surface area contributed by atoms with Crippen LogP contribution in [0.3, 0.4) is 0 Å². The third-order valence-corrected chi connectivity index (χ3v) is 5.67. The fourth-order valence-corrected chi connectivity index (χ4v) is 4.17. The zero-order chi connectivity index (χ0) is 21.5. The van der Waals surface area contributed by atoms with Gasteiger partial charge in [-0.3, -0.25) is 9.78 Å². The lowest BCUT2D eigenvalue weighted by molar-refractivity contribution is 0.0695. The van der Waals surface area contributed by atoms with Gasteiger partial charge < -0.3 is 14.6 Å². The zero-order valence-electron chi connectivity index (χ0n) is 16.3. The smallest absolute Gasteiger partial charge is 0.341 e. The molecule has 0 aliphatic carbocycles. The number of hydrogen-bond donors (Lipinski definition) is 1. The second kappa shape index (κ2) is 7.52. The fraction of sp³-hybridized carbons (Fsp3) is 0.130. The Morgan fingerprint density at radius 1 is 1.13 bits per heavy atom. The quantitative estimate of drug-likeness (QED) is 0.529. The third-order valence-electron chi connectivity index (χ3n) is 5.40.